The van der Waals surface area contributed by atoms with E-state index in [-0.39, 0.29) is 0 Å². The summed E-state index contributed by atoms with van der Waals surface area (Å²) in [6, 6.07) is 0.370. The maximum absolute atomic E-state index is 10.2. The maximum atomic E-state index is 10.2. The molecule has 0 aliphatic rings. The molecule has 98 valence electrons. The number of hydrogen-bond donors (Lipinski definition) is 2. The first kappa shape index (κ1) is 15.9. The summed E-state index contributed by atoms with van der Waals surface area (Å²) in [6.07, 6.45) is 5.12. The average molecular weight is 231 g/mol. The molecule has 0 heterocycles. The maximum Gasteiger partial charge on any atom is 0.0766 e. The van der Waals surface area contributed by atoms with Gasteiger partial charge in [0.2, 0.25) is 0 Å². The molecule has 1 unspecified atom stereocenters. The van der Waals surface area contributed by atoms with Crippen LogP contribution in [0.25, 0.3) is 0 Å². The van der Waals surface area contributed by atoms with Crippen molar-refractivity contribution < 1.29 is 9.84 Å². The summed E-state index contributed by atoms with van der Waals surface area (Å²) in [5.41, 5.74) is -0.557. The van der Waals surface area contributed by atoms with Crippen molar-refractivity contribution in [1.29, 1.82) is 0 Å². The SMILES string of the molecule is CCCCC(COC)NCC(O)(CC)CC. The van der Waals surface area contributed by atoms with E-state index in [1.54, 1.807) is 7.11 Å². The Bertz CT molecular complexity index is 158. The molecule has 0 aliphatic heterocycles. The summed E-state index contributed by atoms with van der Waals surface area (Å²) in [5, 5.41) is 13.6. The van der Waals surface area contributed by atoms with Crippen LogP contribution in [0.15, 0.2) is 0 Å². The molecule has 0 aromatic carbocycles. The van der Waals surface area contributed by atoms with E-state index < -0.39 is 5.60 Å². The van der Waals surface area contributed by atoms with Gasteiger partial charge in [-0.05, 0) is 19.3 Å². The molecule has 0 bridgehead atoms. The van der Waals surface area contributed by atoms with Gasteiger partial charge in [0.25, 0.3) is 0 Å². The van der Waals surface area contributed by atoms with Gasteiger partial charge in [0.15, 0.2) is 0 Å². The van der Waals surface area contributed by atoms with Crippen LogP contribution in [0, 0.1) is 0 Å². The van der Waals surface area contributed by atoms with Crippen molar-refractivity contribution in [1.82, 2.24) is 5.32 Å². The van der Waals surface area contributed by atoms with Crippen molar-refractivity contribution in [2.45, 2.75) is 64.5 Å². The van der Waals surface area contributed by atoms with Gasteiger partial charge in [0.1, 0.15) is 0 Å². The largest absolute Gasteiger partial charge is 0.389 e. The number of nitrogens with one attached hydrogen (secondary N) is 1. The predicted octanol–water partition coefficient (Wildman–Crippen LogP) is 2.33. The molecule has 3 nitrogen and oxygen atoms in total. The summed E-state index contributed by atoms with van der Waals surface area (Å²) in [5.74, 6) is 0. The van der Waals surface area contributed by atoms with Crippen LogP contribution in [-0.4, -0.2) is 37.0 Å². The number of aliphatic hydroxyl groups is 1. The zero-order valence-electron chi connectivity index (χ0n) is 11.4. The molecule has 0 spiro atoms. The van der Waals surface area contributed by atoms with Gasteiger partial charge in [-0.15, -0.1) is 0 Å². The average Bonchev–Trinajstić information content (AvgIpc) is 2.32. The number of unbranched alkanes of at least 4 members (excludes halogenated alkanes) is 1. The Hall–Kier alpha value is -0.120. The van der Waals surface area contributed by atoms with Gasteiger partial charge in [0.05, 0.1) is 12.2 Å². The number of rotatable bonds is 10. The molecule has 2 N–H and O–H groups in total. The minimum atomic E-state index is -0.557. The van der Waals surface area contributed by atoms with Crippen LogP contribution in [0.1, 0.15) is 52.9 Å². The molecule has 0 aliphatic carbocycles. The fraction of sp³-hybridized carbons (Fsp3) is 1.00. The zero-order chi connectivity index (χ0) is 12.4. The second-order valence-corrected chi connectivity index (χ2v) is 4.61. The molecule has 0 aromatic rings. The van der Waals surface area contributed by atoms with Crippen molar-refractivity contribution in [3.8, 4) is 0 Å². The van der Waals surface area contributed by atoms with Crippen molar-refractivity contribution in [3.05, 3.63) is 0 Å². The summed E-state index contributed by atoms with van der Waals surface area (Å²) in [4.78, 5) is 0. The van der Waals surface area contributed by atoms with Gasteiger partial charge < -0.3 is 15.2 Å². The number of hydrogen-bond acceptors (Lipinski definition) is 3. The summed E-state index contributed by atoms with van der Waals surface area (Å²) in [6.45, 7) is 7.64. The highest BCUT2D eigenvalue weighted by atomic mass is 16.5. The lowest BCUT2D eigenvalue weighted by Gasteiger charge is -2.28. The Labute approximate surface area is 101 Å². The third-order valence-corrected chi connectivity index (χ3v) is 3.31. The topological polar surface area (TPSA) is 41.5 Å². The predicted molar refractivity (Wildman–Crippen MR) is 68.7 cm³/mol. The Morgan fingerprint density at radius 2 is 1.88 bits per heavy atom. The van der Waals surface area contributed by atoms with Crippen LogP contribution >= 0.6 is 0 Å². The zero-order valence-corrected chi connectivity index (χ0v) is 11.4. The van der Waals surface area contributed by atoms with Gasteiger partial charge in [-0.25, -0.2) is 0 Å². The van der Waals surface area contributed by atoms with Crippen LogP contribution in [0.5, 0.6) is 0 Å². The highest BCUT2D eigenvalue weighted by molar-refractivity contribution is 4.80. The summed E-state index contributed by atoms with van der Waals surface area (Å²) < 4.78 is 5.19. The lowest BCUT2D eigenvalue weighted by Crippen LogP contribution is -2.45. The van der Waals surface area contributed by atoms with Crippen LogP contribution in [0.4, 0.5) is 0 Å². The van der Waals surface area contributed by atoms with Crippen molar-refractivity contribution >= 4 is 0 Å². The highest BCUT2D eigenvalue weighted by Gasteiger charge is 2.23. The third-order valence-electron chi connectivity index (χ3n) is 3.31. The molecule has 0 fully saturated rings. The molecule has 0 radical (unpaired) electrons. The monoisotopic (exact) mass is 231 g/mol. The summed E-state index contributed by atoms with van der Waals surface area (Å²) in [7, 11) is 1.73. The van der Waals surface area contributed by atoms with Crippen LogP contribution < -0.4 is 5.32 Å². The number of ether oxygens (including phenoxy) is 1. The third kappa shape index (κ3) is 6.46. The van der Waals surface area contributed by atoms with Gasteiger partial charge in [-0.1, -0.05) is 33.6 Å². The molecule has 16 heavy (non-hydrogen) atoms. The second kappa shape index (κ2) is 8.97. The van der Waals surface area contributed by atoms with Crippen molar-refractivity contribution in [2.75, 3.05) is 20.3 Å². The summed E-state index contributed by atoms with van der Waals surface area (Å²) >= 11 is 0. The molecular formula is C13H29NO2. The lowest BCUT2D eigenvalue weighted by atomic mass is 9.97. The standard InChI is InChI=1S/C13H29NO2/c1-5-8-9-12(10-16-4)14-11-13(15,6-2)7-3/h12,14-15H,5-11H2,1-4H3. The second-order valence-electron chi connectivity index (χ2n) is 4.61. The van der Waals surface area contributed by atoms with E-state index in [2.05, 4.69) is 12.2 Å². The van der Waals surface area contributed by atoms with Crippen LogP contribution in [0.3, 0.4) is 0 Å². The van der Waals surface area contributed by atoms with E-state index in [4.69, 9.17) is 4.74 Å². The Morgan fingerprint density at radius 1 is 1.25 bits per heavy atom. The number of methoxy groups -OCH3 is 1. The first-order valence-corrected chi connectivity index (χ1v) is 6.56. The smallest absolute Gasteiger partial charge is 0.0766 e. The van der Waals surface area contributed by atoms with E-state index in [1.807, 2.05) is 13.8 Å². The van der Waals surface area contributed by atoms with Crippen LogP contribution in [0.2, 0.25) is 0 Å². The quantitative estimate of drug-likeness (QED) is 0.606. The molecule has 3 heteroatoms. The van der Waals surface area contributed by atoms with E-state index in [1.165, 1.54) is 12.8 Å². The normalized spacial score (nSPS) is 14.1. The molecule has 0 amide bonds. The van der Waals surface area contributed by atoms with Gasteiger partial charge in [-0.2, -0.15) is 0 Å². The van der Waals surface area contributed by atoms with Gasteiger partial charge in [-0.3, -0.25) is 0 Å². The van der Waals surface area contributed by atoms with E-state index >= 15 is 0 Å². The Balaban J connectivity index is 3.98. The van der Waals surface area contributed by atoms with Gasteiger partial charge in [0, 0.05) is 19.7 Å². The minimum Gasteiger partial charge on any atom is -0.389 e. The van der Waals surface area contributed by atoms with Crippen molar-refractivity contribution in [3.63, 3.8) is 0 Å². The Kier molecular flexibility index (Phi) is 8.90. The van der Waals surface area contributed by atoms with E-state index in [0.29, 0.717) is 12.6 Å². The molecule has 0 rings (SSSR count). The molecule has 0 saturated carbocycles. The van der Waals surface area contributed by atoms with E-state index in [9.17, 15) is 5.11 Å². The van der Waals surface area contributed by atoms with Gasteiger partial charge >= 0.3 is 0 Å². The molecular weight excluding hydrogens is 202 g/mol. The first-order chi connectivity index (χ1) is 7.61. The van der Waals surface area contributed by atoms with Crippen LogP contribution in [-0.2, 0) is 4.74 Å². The molecule has 1 atom stereocenters. The molecule has 0 saturated heterocycles. The first-order valence-electron chi connectivity index (χ1n) is 6.56. The fourth-order valence-corrected chi connectivity index (χ4v) is 1.73. The fourth-order valence-electron chi connectivity index (χ4n) is 1.73. The minimum absolute atomic E-state index is 0.370. The van der Waals surface area contributed by atoms with Crippen molar-refractivity contribution in [2.24, 2.45) is 0 Å². The Morgan fingerprint density at radius 3 is 2.31 bits per heavy atom. The highest BCUT2D eigenvalue weighted by Crippen LogP contribution is 2.13. The lowest BCUT2D eigenvalue weighted by molar-refractivity contribution is 0.0258. The van der Waals surface area contributed by atoms with E-state index in [0.717, 1.165) is 25.9 Å². The molecule has 0 aromatic heterocycles.